The smallest absolute Gasteiger partial charge is 0.264 e. The first-order valence-corrected chi connectivity index (χ1v) is 15.7. The summed E-state index contributed by atoms with van der Waals surface area (Å²) in [5.74, 6) is -1.35. The summed E-state index contributed by atoms with van der Waals surface area (Å²) in [6.07, 6.45) is 2.61. The van der Waals surface area contributed by atoms with E-state index in [2.05, 4.69) is 5.32 Å². The van der Waals surface area contributed by atoms with Crippen molar-refractivity contribution in [2.24, 2.45) is 0 Å². The van der Waals surface area contributed by atoms with Crippen molar-refractivity contribution in [2.75, 3.05) is 17.1 Å². The van der Waals surface area contributed by atoms with Gasteiger partial charge in [0.2, 0.25) is 11.8 Å². The predicted octanol–water partition coefficient (Wildman–Crippen LogP) is 5.38. The van der Waals surface area contributed by atoms with Gasteiger partial charge >= 0.3 is 0 Å². The third kappa shape index (κ3) is 7.85. The molecule has 40 heavy (non-hydrogen) atoms. The van der Waals surface area contributed by atoms with Gasteiger partial charge in [0.05, 0.1) is 10.6 Å². The molecule has 0 saturated carbocycles. The molecule has 2 amide bonds. The van der Waals surface area contributed by atoms with E-state index in [9.17, 15) is 22.4 Å². The number of anilines is 1. The summed E-state index contributed by atoms with van der Waals surface area (Å²) in [7, 11) is -4.14. The van der Waals surface area contributed by atoms with E-state index < -0.39 is 34.3 Å². The third-order valence-corrected chi connectivity index (χ3v) is 9.21. The van der Waals surface area contributed by atoms with E-state index in [4.69, 9.17) is 0 Å². The first-order valence-electron chi connectivity index (χ1n) is 13.0. The Labute approximate surface area is 240 Å². The van der Waals surface area contributed by atoms with E-state index in [1.165, 1.54) is 53.1 Å². The van der Waals surface area contributed by atoms with Gasteiger partial charge in [0.1, 0.15) is 18.4 Å². The predicted molar refractivity (Wildman–Crippen MR) is 158 cm³/mol. The summed E-state index contributed by atoms with van der Waals surface area (Å²) in [6, 6.07) is 18.0. The summed E-state index contributed by atoms with van der Waals surface area (Å²) in [6.45, 7) is 6.76. The molecule has 0 aliphatic heterocycles. The van der Waals surface area contributed by atoms with Crippen LogP contribution in [0.4, 0.5) is 10.1 Å². The molecule has 1 N–H and O–H groups in total. The van der Waals surface area contributed by atoms with Crippen LogP contribution in [-0.4, -0.2) is 50.0 Å². The van der Waals surface area contributed by atoms with Crippen LogP contribution in [0.1, 0.15) is 38.3 Å². The van der Waals surface area contributed by atoms with E-state index >= 15 is 0 Å². The second-order valence-electron chi connectivity index (χ2n) is 9.66. The molecule has 0 spiro atoms. The molecule has 0 aromatic heterocycles. The number of benzene rings is 3. The molecule has 7 nitrogen and oxygen atoms in total. The zero-order chi connectivity index (χ0) is 29.4. The Bertz CT molecular complexity index is 1400. The molecule has 0 fully saturated rings. The number of sulfonamides is 1. The molecule has 0 saturated heterocycles. The monoisotopic (exact) mass is 585 g/mol. The van der Waals surface area contributed by atoms with Crippen molar-refractivity contribution in [2.45, 2.75) is 62.5 Å². The Kier molecular flexibility index (Phi) is 10.8. The average Bonchev–Trinajstić information content (AvgIpc) is 2.95. The summed E-state index contributed by atoms with van der Waals surface area (Å²) < 4.78 is 42.4. The Balaban J connectivity index is 2.01. The number of amides is 2. The molecule has 3 rings (SSSR count). The zero-order valence-electron chi connectivity index (χ0n) is 23.4. The molecule has 3 aromatic rings. The second kappa shape index (κ2) is 13.8. The van der Waals surface area contributed by atoms with Gasteiger partial charge in [-0.1, -0.05) is 36.8 Å². The normalized spacial score (nSPS) is 12.8. The van der Waals surface area contributed by atoms with Gasteiger partial charge in [0.25, 0.3) is 10.0 Å². The number of hydrogen-bond acceptors (Lipinski definition) is 5. The topological polar surface area (TPSA) is 86.8 Å². The average molecular weight is 586 g/mol. The molecule has 0 aliphatic rings. The number of carbonyl (C=O) groups excluding carboxylic acids is 2. The number of rotatable bonds is 12. The highest BCUT2D eigenvalue weighted by molar-refractivity contribution is 7.98. The highest BCUT2D eigenvalue weighted by Gasteiger charge is 2.32. The summed E-state index contributed by atoms with van der Waals surface area (Å²) >= 11 is 1.49. The fourth-order valence-electron chi connectivity index (χ4n) is 3.95. The largest absolute Gasteiger partial charge is 0.352 e. The lowest BCUT2D eigenvalue weighted by Crippen LogP contribution is -2.52. The minimum atomic E-state index is -4.14. The number of halogens is 1. The van der Waals surface area contributed by atoms with Crippen molar-refractivity contribution >= 4 is 39.3 Å². The molecule has 2 atom stereocenters. The van der Waals surface area contributed by atoms with Gasteiger partial charge in [0, 0.05) is 17.5 Å². The fraction of sp³-hybridized carbons (Fsp3) is 0.333. The van der Waals surface area contributed by atoms with Crippen LogP contribution in [0.3, 0.4) is 0 Å². The van der Waals surface area contributed by atoms with E-state index in [-0.39, 0.29) is 23.4 Å². The van der Waals surface area contributed by atoms with Gasteiger partial charge < -0.3 is 10.2 Å². The maximum atomic E-state index is 13.9. The van der Waals surface area contributed by atoms with Gasteiger partial charge in [-0.2, -0.15) is 0 Å². The summed E-state index contributed by atoms with van der Waals surface area (Å²) in [5.41, 5.74) is 1.87. The van der Waals surface area contributed by atoms with Crippen molar-refractivity contribution in [3.63, 3.8) is 0 Å². The SMILES string of the molecule is CC[C@@H](C)NC(=O)[C@@H](C)N(Cc1ccc(F)cc1)C(=O)CN(c1ccc(C)cc1)S(=O)(=O)c1ccc(SC)cc1. The number of thioether (sulfide) groups is 1. The summed E-state index contributed by atoms with van der Waals surface area (Å²) in [5, 5.41) is 2.89. The molecular formula is C30H36FN3O4S2. The van der Waals surface area contributed by atoms with Crippen LogP contribution in [-0.2, 0) is 26.2 Å². The van der Waals surface area contributed by atoms with Gasteiger partial charge in [-0.05, 0) is 87.5 Å². The van der Waals surface area contributed by atoms with Crippen LogP contribution in [0.2, 0.25) is 0 Å². The van der Waals surface area contributed by atoms with Gasteiger partial charge in [0.15, 0.2) is 0 Å². The van der Waals surface area contributed by atoms with Crippen LogP contribution in [0.15, 0.2) is 82.6 Å². The summed E-state index contributed by atoms with van der Waals surface area (Å²) in [4.78, 5) is 29.3. The molecule has 0 unspecified atom stereocenters. The van der Waals surface area contributed by atoms with Crippen LogP contribution < -0.4 is 9.62 Å². The highest BCUT2D eigenvalue weighted by atomic mass is 32.2. The molecule has 0 radical (unpaired) electrons. The lowest BCUT2D eigenvalue weighted by molar-refractivity contribution is -0.139. The second-order valence-corrected chi connectivity index (χ2v) is 12.4. The van der Waals surface area contributed by atoms with Crippen LogP contribution >= 0.6 is 11.8 Å². The van der Waals surface area contributed by atoms with Crippen molar-refractivity contribution in [3.05, 3.63) is 89.7 Å². The van der Waals surface area contributed by atoms with Crippen molar-refractivity contribution in [1.29, 1.82) is 0 Å². The number of nitrogens with one attached hydrogen (secondary N) is 1. The standard InChI is InChI=1S/C30H36FN3O4S2/c1-6-22(3)32-30(36)23(4)33(19-24-9-11-25(31)12-10-24)29(35)20-34(26-13-7-21(2)8-14-26)40(37,38)28-17-15-27(39-5)16-18-28/h7-18,22-23H,6,19-20H2,1-5H3,(H,32,36)/t22-,23-/m1/s1. The van der Waals surface area contributed by atoms with Crippen LogP contribution in [0.5, 0.6) is 0 Å². The Hall–Kier alpha value is -3.37. The molecule has 0 aliphatic carbocycles. The molecular weight excluding hydrogens is 549 g/mol. The number of aryl methyl sites for hydroxylation is 1. The lowest BCUT2D eigenvalue weighted by Gasteiger charge is -2.32. The van der Waals surface area contributed by atoms with Crippen LogP contribution in [0.25, 0.3) is 0 Å². The fourth-order valence-corrected chi connectivity index (χ4v) is 5.77. The molecule has 0 bridgehead atoms. The van der Waals surface area contributed by atoms with Gasteiger partial charge in [-0.25, -0.2) is 12.8 Å². The Morgan fingerprint density at radius 3 is 2.10 bits per heavy atom. The van der Waals surface area contributed by atoms with Crippen molar-refractivity contribution in [3.8, 4) is 0 Å². The Morgan fingerprint density at radius 2 is 1.55 bits per heavy atom. The van der Waals surface area contributed by atoms with Crippen molar-refractivity contribution in [1.82, 2.24) is 10.2 Å². The third-order valence-electron chi connectivity index (χ3n) is 6.68. The van der Waals surface area contributed by atoms with Gasteiger partial charge in [-0.15, -0.1) is 11.8 Å². The maximum Gasteiger partial charge on any atom is 0.264 e. The number of hydrogen-bond donors (Lipinski definition) is 1. The molecule has 3 aromatic carbocycles. The minimum absolute atomic E-state index is 0.00158. The highest BCUT2D eigenvalue weighted by Crippen LogP contribution is 2.26. The molecule has 10 heteroatoms. The van der Waals surface area contributed by atoms with Crippen molar-refractivity contribution < 1.29 is 22.4 Å². The van der Waals surface area contributed by atoms with E-state index in [0.717, 1.165) is 14.8 Å². The first kappa shape index (κ1) is 31.2. The first-order chi connectivity index (χ1) is 19.0. The number of carbonyl (C=O) groups is 2. The Morgan fingerprint density at radius 1 is 0.950 bits per heavy atom. The lowest BCUT2D eigenvalue weighted by atomic mass is 10.1. The van der Waals surface area contributed by atoms with E-state index in [1.807, 2.05) is 27.0 Å². The molecule has 214 valence electrons. The number of nitrogens with zero attached hydrogens (tertiary/aromatic N) is 2. The molecule has 0 heterocycles. The van der Waals surface area contributed by atoms with Gasteiger partial charge in [-0.3, -0.25) is 13.9 Å². The minimum Gasteiger partial charge on any atom is -0.352 e. The zero-order valence-corrected chi connectivity index (χ0v) is 25.1. The van der Waals surface area contributed by atoms with Crippen LogP contribution in [0, 0.1) is 12.7 Å². The maximum absolute atomic E-state index is 13.9. The quantitative estimate of drug-likeness (QED) is 0.288. The van der Waals surface area contributed by atoms with E-state index in [1.54, 1.807) is 43.3 Å². The van der Waals surface area contributed by atoms with E-state index in [0.29, 0.717) is 17.7 Å².